The average Bonchev–Trinajstić information content (AvgIpc) is 2.36. The summed E-state index contributed by atoms with van der Waals surface area (Å²) in [7, 11) is 0. The Bertz CT molecular complexity index is 446. The Morgan fingerprint density at radius 3 is 2.33 bits per heavy atom. The molecule has 0 amide bonds. The van der Waals surface area contributed by atoms with Gasteiger partial charge in [0, 0.05) is 0 Å². The number of hydrogen-bond acceptors (Lipinski definition) is 1. The smallest absolute Gasteiger partial charge is 0.0760 e. The van der Waals surface area contributed by atoms with E-state index in [0.29, 0.717) is 5.92 Å². The topological polar surface area (TPSA) is 20.2 Å². The van der Waals surface area contributed by atoms with Gasteiger partial charge in [0.2, 0.25) is 0 Å². The molecule has 1 N–H and O–H groups in total. The second kappa shape index (κ2) is 9.04. The molecule has 0 aromatic carbocycles. The van der Waals surface area contributed by atoms with Gasteiger partial charge in [-0.15, -0.1) is 0 Å². The molecule has 21 heavy (non-hydrogen) atoms. The molecule has 1 heteroatoms. The van der Waals surface area contributed by atoms with E-state index < -0.39 is 0 Å². The molecule has 0 spiro atoms. The molecule has 0 aliphatic heterocycles. The lowest BCUT2D eigenvalue weighted by Crippen LogP contribution is -2.04. The molecule has 1 nitrogen and oxygen atoms in total. The zero-order valence-corrected chi connectivity index (χ0v) is 14.4. The Hall–Kier alpha value is -1.08. The Labute approximate surface area is 131 Å². The van der Waals surface area contributed by atoms with Gasteiger partial charge in [-0.2, -0.15) is 0 Å². The van der Waals surface area contributed by atoms with E-state index in [1.165, 1.54) is 22.3 Å². The van der Waals surface area contributed by atoms with Crippen LogP contribution < -0.4 is 0 Å². The van der Waals surface area contributed by atoms with Crippen LogP contribution in [0.4, 0.5) is 0 Å². The molecule has 0 fully saturated rings. The van der Waals surface area contributed by atoms with Crippen molar-refractivity contribution >= 4 is 0 Å². The molecule has 1 atom stereocenters. The highest BCUT2D eigenvalue weighted by molar-refractivity contribution is 5.21. The van der Waals surface area contributed by atoms with Crippen molar-refractivity contribution in [2.75, 3.05) is 0 Å². The van der Waals surface area contributed by atoms with Crippen LogP contribution in [0.3, 0.4) is 0 Å². The van der Waals surface area contributed by atoms with E-state index in [4.69, 9.17) is 0 Å². The van der Waals surface area contributed by atoms with Crippen LogP contribution in [0.1, 0.15) is 66.7 Å². The van der Waals surface area contributed by atoms with E-state index in [1.807, 2.05) is 6.08 Å². The summed E-state index contributed by atoms with van der Waals surface area (Å²) in [6.07, 6.45) is 13.6. The van der Waals surface area contributed by atoms with Gasteiger partial charge in [-0.25, -0.2) is 0 Å². The Morgan fingerprint density at radius 1 is 0.952 bits per heavy atom. The first kappa shape index (κ1) is 18.0. The predicted molar refractivity (Wildman–Crippen MR) is 93.3 cm³/mol. The van der Waals surface area contributed by atoms with Crippen LogP contribution in [-0.4, -0.2) is 11.2 Å². The molecule has 0 aromatic rings. The van der Waals surface area contributed by atoms with Gasteiger partial charge in [-0.05, 0) is 58.8 Å². The number of rotatable bonds is 1. The molecule has 1 rings (SSSR count). The minimum absolute atomic E-state index is 0.356. The van der Waals surface area contributed by atoms with Crippen molar-refractivity contribution < 1.29 is 5.11 Å². The van der Waals surface area contributed by atoms with Crippen molar-refractivity contribution in [2.45, 2.75) is 72.8 Å². The fourth-order valence-corrected chi connectivity index (χ4v) is 2.67. The fourth-order valence-electron chi connectivity index (χ4n) is 2.67. The van der Waals surface area contributed by atoms with E-state index in [2.05, 4.69) is 52.8 Å². The summed E-state index contributed by atoms with van der Waals surface area (Å²) < 4.78 is 0. The zero-order valence-electron chi connectivity index (χ0n) is 14.4. The Morgan fingerprint density at radius 2 is 1.67 bits per heavy atom. The largest absolute Gasteiger partial charge is 0.389 e. The predicted octanol–water partition coefficient (Wildman–Crippen LogP) is 5.73. The SMILES string of the molecule is C/C1=C/CC/C(C)=C/[C@@H](O)C/C(C)=C\C=C(/C(C)C)CC1. The number of allylic oxidation sites excluding steroid dienone is 6. The lowest BCUT2D eigenvalue weighted by molar-refractivity contribution is 0.222. The number of hydrogen-bond donors (Lipinski definition) is 1. The van der Waals surface area contributed by atoms with E-state index in [1.54, 1.807) is 0 Å². The van der Waals surface area contributed by atoms with Crippen molar-refractivity contribution in [3.05, 3.63) is 46.6 Å². The lowest BCUT2D eigenvalue weighted by atomic mass is 9.94. The Kier molecular flexibility index (Phi) is 7.74. The summed E-state index contributed by atoms with van der Waals surface area (Å²) in [6.45, 7) is 11.0. The van der Waals surface area contributed by atoms with Gasteiger partial charge in [0.15, 0.2) is 0 Å². The standard InChI is InChI=1S/C20H32O/c1-15(2)19-11-9-16(3)7-6-8-17(4)13-20(21)14-18(5)10-12-19/h7,10,12-13,15,20-21H,6,8-9,11,14H2,1-5H3/b16-7-,17-13+,18-10-,19-12-/t20-/m1/s1. The van der Waals surface area contributed by atoms with Gasteiger partial charge < -0.3 is 5.11 Å². The molecule has 0 saturated carbocycles. The second-order valence-electron chi connectivity index (χ2n) is 6.78. The first-order chi connectivity index (χ1) is 9.88. The maximum Gasteiger partial charge on any atom is 0.0760 e. The first-order valence-electron chi connectivity index (χ1n) is 8.25. The third kappa shape index (κ3) is 7.47. The molecule has 0 radical (unpaired) electrons. The molecule has 1 aliphatic rings. The van der Waals surface area contributed by atoms with Crippen molar-refractivity contribution in [1.82, 2.24) is 0 Å². The minimum atomic E-state index is -0.356. The summed E-state index contributed by atoms with van der Waals surface area (Å²) in [5.41, 5.74) is 5.51. The maximum atomic E-state index is 10.1. The monoisotopic (exact) mass is 288 g/mol. The number of aliphatic hydroxyl groups excluding tert-OH is 1. The summed E-state index contributed by atoms with van der Waals surface area (Å²) in [6, 6.07) is 0. The molecular weight excluding hydrogens is 256 g/mol. The van der Waals surface area contributed by atoms with Gasteiger partial charge in [0.25, 0.3) is 0 Å². The van der Waals surface area contributed by atoms with Crippen molar-refractivity contribution in [1.29, 1.82) is 0 Å². The third-order valence-corrected chi connectivity index (χ3v) is 4.17. The van der Waals surface area contributed by atoms with Crippen LogP contribution in [-0.2, 0) is 0 Å². The summed E-state index contributed by atoms with van der Waals surface area (Å²) in [5.74, 6) is 0.585. The van der Waals surface area contributed by atoms with Crippen LogP contribution in [0, 0.1) is 5.92 Å². The lowest BCUT2D eigenvalue weighted by Gasteiger charge is -2.13. The molecule has 0 aromatic heterocycles. The second-order valence-corrected chi connectivity index (χ2v) is 6.78. The zero-order chi connectivity index (χ0) is 15.8. The van der Waals surface area contributed by atoms with Crippen LogP contribution in [0.2, 0.25) is 0 Å². The summed E-state index contributed by atoms with van der Waals surface area (Å²) >= 11 is 0. The molecule has 118 valence electrons. The van der Waals surface area contributed by atoms with Crippen LogP contribution in [0.15, 0.2) is 46.6 Å². The van der Waals surface area contributed by atoms with E-state index in [0.717, 1.165) is 32.1 Å². The van der Waals surface area contributed by atoms with E-state index in [9.17, 15) is 5.11 Å². The molecule has 0 unspecified atom stereocenters. The normalized spacial score (nSPS) is 32.8. The van der Waals surface area contributed by atoms with Crippen molar-refractivity contribution in [2.24, 2.45) is 5.92 Å². The number of aliphatic hydroxyl groups is 1. The van der Waals surface area contributed by atoms with Crippen LogP contribution in [0.5, 0.6) is 0 Å². The highest BCUT2D eigenvalue weighted by Crippen LogP contribution is 2.21. The average molecular weight is 288 g/mol. The van der Waals surface area contributed by atoms with E-state index >= 15 is 0 Å². The van der Waals surface area contributed by atoms with Gasteiger partial charge in [0.05, 0.1) is 6.10 Å². The highest BCUT2D eigenvalue weighted by atomic mass is 16.3. The summed E-state index contributed by atoms with van der Waals surface area (Å²) in [5, 5.41) is 10.1. The molecule has 0 heterocycles. The van der Waals surface area contributed by atoms with Gasteiger partial charge in [-0.3, -0.25) is 0 Å². The van der Waals surface area contributed by atoms with Crippen LogP contribution >= 0.6 is 0 Å². The quantitative estimate of drug-likeness (QED) is 0.611. The molecule has 1 aliphatic carbocycles. The third-order valence-electron chi connectivity index (χ3n) is 4.17. The first-order valence-corrected chi connectivity index (χ1v) is 8.25. The maximum absolute atomic E-state index is 10.1. The molecule has 0 saturated heterocycles. The van der Waals surface area contributed by atoms with Crippen LogP contribution in [0.25, 0.3) is 0 Å². The van der Waals surface area contributed by atoms with Crippen molar-refractivity contribution in [3.63, 3.8) is 0 Å². The summed E-state index contributed by atoms with van der Waals surface area (Å²) in [4.78, 5) is 0. The van der Waals surface area contributed by atoms with Gasteiger partial charge in [0.1, 0.15) is 0 Å². The molecular formula is C20H32O. The highest BCUT2D eigenvalue weighted by Gasteiger charge is 2.06. The van der Waals surface area contributed by atoms with Crippen molar-refractivity contribution in [3.8, 4) is 0 Å². The van der Waals surface area contributed by atoms with Gasteiger partial charge >= 0.3 is 0 Å². The van der Waals surface area contributed by atoms with Gasteiger partial charge in [-0.1, -0.05) is 60.4 Å². The van der Waals surface area contributed by atoms with E-state index in [-0.39, 0.29) is 6.10 Å². The molecule has 0 bridgehead atoms. The minimum Gasteiger partial charge on any atom is -0.389 e. The fraction of sp³-hybridized carbons (Fsp3) is 0.600. The Balaban J connectivity index is 2.97.